The Morgan fingerprint density at radius 1 is 1.41 bits per heavy atom. The van der Waals surface area contributed by atoms with Crippen LogP contribution in [0.15, 0.2) is 0 Å². The molecular formula is C10H23N3O3S. The fourth-order valence-corrected chi connectivity index (χ4v) is 2.06. The third kappa shape index (κ3) is 5.99. The van der Waals surface area contributed by atoms with Gasteiger partial charge < -0.3 is 11.1 Å². The van der Waals surface area contributed by atoms with Crippen LogP contribution in [0.25, 0.3) is 0 Å². The highest BCUT2D eigenvalue weighted by Crippen LogP contribution is 2.04. The Bertz CT molecular complexity index is 328. The number of hydrogen-bond acceptors (Lipinski definition) is 4. The number of carbonyl (C=O) groups is 1. The Labute approximate surface area is 104 Å². The van der Waals surface area contributed by atoms with E-state index in [1.54, 1.807) is 0 Å². The van der Waals surface area contributed by atoms with E-state index in [-0.39, 0.29) is 24.1 Å². The smallest absolute Gasteiger partial charge is 0.224 e. The van der Waals surface area contributed by atoms with E-state index >= 15 is 0 Å². The predicted octanol–water partition coefficient (Wildman–Crippen LogP) is -0.631. The van der Waals surface area contributed by atoms with Crippen molar-refractivity contribution < 1.29 is 13.2 Å². The first kappa shape index (κ1) is 16.3. The summed E-state index contributed by atoms with van der Waals surface area (Å²) < 4.78 is 24.0. The predicted molar refractivity (Wildman–Crippen MR) is 67.9 cm³/mol. The summed E-state index contributed by atoms with van der Waals surface area (Å²) in [6, 6.07) is 0. The average molecular weight is 265 g/mol. The molecule has 7 heteroatoms. The maximum Gasteiger partial charge on any atom is 0.224 e. The molecule has 0 aliphatic rings. The van der Waals surface area contributed by atoms with Crippen LogP contribution in [0, 0.1) is 5.92 Å². The standard InChI is InChI=1S/C10H23N3O3S/c1-4-5-9(8-11)10(14)12-6-7-17(15,16)13(2)3/h9H,4-8,11H2,1-3H3,(H,12,14). The summed E-state index contributed by atoms with van der Waals surface area (Å²) in [6.45, 7) is 2.39. The maximum atomic E-state index is 11.6. The number of hydrogen-bond donors (Lipinski definition) is 2. The average Bonchev–Trinajstić information content (AvgIpc) is 2.25. The molecule has 6 nitrogen and oxygen atoms in total. The first-order valence-electron chi connectivity index (χ1n) is 5.73. The van der Waals surface area contributed by atoms with Crippen molar-refractivity contribution in [2.45, 2.75) is 19.8 Å². The zero-order valence-corrected chi connectivity index (χ0v) is 11.6. The van der Waals surface area contributed by atoms with Gasteiger partial charge >= 0.3 is 0 Å². The van der Waals surface area contributed by atoms with Crippen molar-refractivity contribution >= 4 is 15.9 Å². The molecule has 0 aromatic heterocycles. The molecule has 102 valence electrons. The lowest BCUT2D eigenvalue weighted by Gasteiger charge is -2.15. The number of rotatable bonds is 8. The lowest BCUT2D eigenvalue weighted by atomic mass is 10.0. The quantitative estimate of drug-likeness (QED) is 0.611. The highest BCUT2D eigenvalue weighted by molar-refractivity contribution is 7.89. The summed E-state index contributed by atoms with van der Waals surface area (Å²) in [6.07, 6.45) is 1.61. The maximum absolute atomic E-state index is 11.6. The molecule has 1 amide bonds. The van der Waals surface area contributed by atoms with Crippen LogP contribution in [-0.4, -0.2) is 51.6 Å². The minimum atomic E-state index is -3.25. The van der Waals surface area contributed by atoms with Gasteiger partial charge in [-0.3, -0.25) is 4.79 Å². The van der Waals surface area contributed by atoms with Crippen molar-refractivity contribution in [3.8, 4) is 0 Å². The van der Waals surface area contributed by atoms with E-state index in [9.17, 15) is 13.2 Å². The first-order chi connectivity index (χ1) is 7.85. The number of nitrogens with two attached hydrogens (primary N) is 1. The van der Waals surface area contributed by atoms with Gasteiger partial charge in [0.15, 0.2) is 0 Å². The van der Waals surface area contributed by atoms with E-state index in [2.05, 4.69) is 5.32 Å². The van der Waals surface area contributed by atoms with Crippen molar-refractivity contribution in [1.82, 2.24) is 9.62 Å². The normalized spacial score (nSPS) is 13.7. The molecule has 3 N–H and O–H groups in total. The molecular weight excluding hydrogens is 242 g/mol. The SMILES string of the molecule is CCCC(CN)C(=O)NCCS(=O)(=O)N(C)C. The summed E-state index contributed by atoms with van der Waals surface area (Å²) in [5, 5.41) is 2.60. The third-order valence-electron chi connectivity index (χ3n) is 2.51. The zero-order valence-electron chi connectivity index (χ0n) is 10.8. The topological polar surface area (TPSA) is 92.5 Å². The molecule has 0 heterocycles. The number of nitrogens with zero attached hydrogens (tertiary/aromatic N) is 1. The zero-order chi connectivity index (χ0) is 13.5. The molecule has 0 aliphatic heterocycles. The van der Waals surface area contributed by atoms with Crippen LogP contribution >= 0.6 is 0 Å². The first-order valence-corrected chi connectivity index (χ1v) is 7.34. The molecule has 0 bridgehead atoms. The molecule has 0 saturated heterocycles. The van der Waals surface area contributed by atoms with Gasteiger partial charge in [-0.05, 0) is 6.42 Å². The van der Waals surface area contributed by atoms with Crippen molar-refractivity contribution in [3.63, 3.8) is 0 Å². The Morgan fingerprint density at radius 2 is 2.00 bits per heavy atom. The minimum absolute atomic E-state index is 0.0881. The summed E-state index contributed by atoms with van der Waals surface area (Å²) in [4.78, 5) is 11.6. The van der Waals surface area contributed by atoms with Crippen LogP contribution in [-0.2, 0) is 14.8 Å². The van der Waals surface area contributed by atoms with Gasteiger partial charge in [0.2, 0.25) is 15.9 Å². The van der Waals surface area contributed by atoms with Crippen molar-refractivity contribution in [2.75, 3.05) is 32.9 Å². The Kier molecular flexibility index (Phi) is 7.33. The molecule has 1 atom stereocenters. The van der Waals surface area contributed by atoms with Crippen molar-refractivity contribution in [2.24, 2.45) is 11.7 Å². The van der Waals surface area contributed by atoms with Gasteiger partial charge in [0.1, 0.15) is 0 Å². The van der Waals surface area contributed by atoms with E-state index in [1.807, 2.05) is 6.92 Å². The summed E-state index contributed by atoms with van der Waals surface area (Å²) in [5.41, 5.74) is 5.48. The lowest BCUT2D eigenvalue weighted by Crippen LogP contribution is -2.39. The summed E-state index contributed by atoms with van der Waals surface area (Å²) in [7, 11) is -0.313. The van der Waals surface area contributed by atoms with E-state index in [1.165, 1.54) is 14.1 Å². The summed E-state index contributed by atoms with van der Waals surface area (Å²) >= 11 is 0. The fourth-order valence-electron chi connectivity index (χ4n) is 1.33. The molecule has 17 heavy (non-hydrogen) atoms. The Morgan fingerprint density at radius 3 is 2.41 bits per heavy atom. The van der Waals surface area contributed by atoms with E-state index < -0.39 is 10.0 Å². The van der Waals surface area contributed by atoms with E-state index in [0.717, 1.165) is 17.1 Å². The Hall–Kier alpha value is -0.660. The van der Waals surface area contributed by atoms with Gasteiger partial charge in [0.25, 0.3) is 0 Å². The molecule has 0 rings (SSSR count). The molecule has 0 aromatic rings. The van der Waals surface area contributed by atoms with E-state index in [0.29, 0.717) is 6.54 Å². The van der Waals surface area contributed by atoms with Crippen LogP contribution in [0.3, 0.4) is 0 Å². The van der Waals surface area contributed by atoms with E-state index in [4.69, 9.17) is 5.73 Å². The van der Waals surface area contributed by atoms with Crippen molar-refractivity contribution in [1.29, 1.82) is 0 Å². The van der Waals surface area contributed by atoms with Crippen LogP contribution < -0.4 is 11.1 Å². The number of carbonyl (C=O) groups excluding carboxylic acids is 1. The van der Waals surface area contributed by atoms with Gasteiger partial charge in [-0.2, -0.15) is 0 Å². The number of sulfonamides is 1. The minimum Gasteiger partial charge on any atom is -0.355 e. The Balaban J connectivity index is 4.09. The van der Waals surface area contributed by atoms with Gasteiger partial charge in [-0.1, -0.05) is 13.3 Å². The van der Waals surface area contributed by atoms with Gasteiger partial charge in [0, 0.05) is 27.2 Å². The lowest BCUT2D eigenvalue weighted by molar-refractivity contribution is -0.124. The second-order valence-corrected chi connectivity index (χ2v) is 6.41. The van der Waals surface area contributed by atoms with Gasteiger partial charge in [-0.25, -0.2) is 12.7 Å². The molecule has 0 saturated carbocycles. The monoisotopic (exact) mass is 265 g/mol. The van der Waals surface area contributed by atoms with Crippen LogP contribution in [0.4, 0.5) is 0 Å². The molecule has 0 radical (unpaired) electrons. The highest BCUT2D eigenvalue weighted by atomic mass is 32.2. The van der Waals surface area contributed by atoms with Crippen LogP contribution in [0.2, 0.25) is 0 Å². The van der Waals surface area contributed by atoms with Crippen LogP contribution in [0.1, 0.15) is 19.8 Å². The molecule has 0 aliphatic carbocycles. The largest absolute Gasteiger partial charge is 0.355 e. The van der Waals surface area contributed by atoms with Gasteiger partial charge in [-0.15, -0.1) is 0 Å². The number of amides is 1. The van der Waals surface area contributed by atoms with Crippen molar-refractivity contribution in [3.05, 3.63) is 0 Å². The molecule has 1 unspecified atom stereocenters. The molecule has 0 spiro atoms. The molecule has 0 aromatic carbocycles. The number of nitrogens with one attached hydrogen (secondary N) is 1. The second-order valence-electron chi connectivity index (χ2n) is 4.11. The van der Waals surface area contributed by atoms with Crippen LogP contribution in [0.5, 0.6) is 0 Å². The van der Waals surface area contributed by atoms with Gasteiger partial charge in [0.05, 0.1) is 11.7 Å². The third-order valence-corrected chi connectivity index (χ3v) is 4.34. The summed E-state index contributed by atoms with van der Waals surface area (Å²) in [5.74, 6) is -0.472. The second kappa shape index (κ2) is 7.62. The fraction of sp³-hybridized carbons (Fsp3) is 0.900. The molecule has 0 fully saturated rings. The highest BCUT2D eigenvalue weighted by Gasteiger charge is 2.17.